The number of aromatic nitrogens is 1. The summed E-state index contributed by atoms with van der Waals surface area (Å²) in [6, 6.07) is 3.91. The third-order valence-corrected chi connectivity index (χ3v) is 3.97. The first-order valence-electron chi connectivity index (χ1n) is 7.24. The van der Waals surface area contributed by atoms with E-state index in [2.05, 4.69) is 10.3 Å². The van der Waals surface area contributed by atoms with Crippen molar-refractivity contribution in [2.24, 2.45) is 5.73 Å². The number of carbonyl (C=O) groups is 1. The Morgan fingerprint density at radius 3 is 2.95 bits per heavy atom. The van der Waals surface area contributed by atoms with Crippen molar-refractivity contribution in [3.8, 4) is 10.8 Å². The fourth-order valence-corrected chi connectivity index (χ4v) is 2.62. The van der Waals surface area contributed by atoms with Crippen LogP contribution < -0.4 is 11.1 Å². The van der Waals surface area contributed by atoms with Gasteiger partial charge < -0.3 is 15.5 Å². The first-order valence-corrected chi connectivity index (χ1v) is 8.12. The quantitative estimate of drug-likeness (QED) is 0.698. The van der Waals surface area contributed by atoms with E-state index in [0.717, 1.165) is 42.8 Å². The number of thiophene rings is 1. The predicted octanol–water partition coefficient (Wildman–Crippen LogP) is 2.93. The number of carbonyl (C=O) groups excluding carboxylic acids is 1. The molecule has 6 heteroatoms. The summed E-state index contributed by atoms with van der Waals surface area (Å²) < 4.78 is 5.40. The maximum atomic E-state index is 11.7. The molecule has 0 aliphatic rings. The van der Waals surface area contributed by atoms with Crippen molar-refractivity contribution < 1.29 is 9.21 Å². The molecule has 0 aromatic carbocycles. The maximum absolute atomic E-state index is 11.7. The minimum atomic E-state index is 0.0587. The molecule has 0 unspecified atom stereocenters. The molecule has 21 heavy (non-hydrogen) atoms. The Hall–Kier alpha value is -1.66. The van der Waals surface area contributed by atoms with E-state index in [4.69, 9.17) is 10.2 Å². The van der Waals surface area contributed by atoms with Crippen LogP contribution >= 0.6 is 11.3 Å². The van der Waals surface area contributed by atoms with Gasteiger partial charge in [0.25, 0.3) is 0 Å². The number of rotatable bonds is 9. The molecule has 3 N–H and O–H groups in total. The molecule has 114 valence electrons. The molecular weight excluding hydrogens is 286 g/mol. The summed E-state index contributed by atoms with van der Waals surface area (Å²) in [5.74, 6) is 0.666. The largest absolute Gasteiger partial charge is 0.443 e. The highest BCUT2D eigenvalue weighted by atomic mass is 32.1. The highest BCUT2D eigenvalue weighted by Crippen LogP contribution is 2.23. The summed E-state index contributed by atoms with van der Waals surface area (Å²) in [5.41, 5.74) is 6.17. The number of nitrogens with one attached hydrogen (secondary N) is 1. The molecule has 0 saturated carbocycles. The predicted molar refractivity (Wildman–Crippen MR) is 83.8 cm³/mol. The molecule has 5 nitrogen and oxygen atoms in total. The molecule has 2 rings (SSSR count). The van der Waals surface area contributed by atoms with Crippen LogP contribution in [0.2, 0.25) is 0 Å². The lowest BCUT2D eigenvalue weighted by atomic mass is 10.1. The Kier molecular flexibility index (Phi) is 6.43. The third kappa shape index (κ3) is 5.32. The van der Waals surface area contributed by atoms with E-state index in [1.54, 1.807) is 17.6 Å². The van der Waals surface area contributed by atoms with Gasteiger partial charge in [0.1, 0.15) is 6.26 Å². The molecule has 0 aliphatic heterocycles. The lowest BCUT2D eigenvalue weighted by molar-refractivity contribution is -0.121. The van der Waals surface area contributed by atoms with E-state index in [1.807, 2.05) is 17.5 Å². The Labute approximate surface area is 128 Å². The van der Waals surface area contributed by atoms with Gasteiger partial charge in [-0.2, -0.15) is 0 Å². The van der Waals surface area contributed by atoms with Crippen molar-refractivity contribution in [1.82, 2.24) is 10.3 Å². The molecule has 2 heterocycles. The summed E-state index contributed by atoms with van der Waals surface area (Å²) in [6.45, 7) is 1.14. The van der Waals surface area contributed by atoms with Gasteiger partial charge in [-0.05, 0) is 30.8 Å². The van der Waals surface area contributed by atoms with Crippen molar-refractivity contribution in [3.63, 3.8) is 0 Å². The second-order valence-electron chi connectivity index (χ2n) is 4.85. The van der Waals surface area contributed by atoms with Crippen LogP contribution in [0.25, 0.3) is 10.8 Å². The Balaban J connectivity index is 1.67. The third-order valence-electron chi connectivity index (χ3n) is 3.11. The molecule has 0 saturated heterocycles. The number of oxazole rings is 1. The van der Waals surface area contributed by atoms with Gasteiger partial charge in [-0.3, -0.25) is 4.79 Å². The van der Waals surface area contributed by atoms with Gasteiger partial charge in [-0.1, -0.05) is 18.9 Å². The first kappa shape index (κ1) is 15.7. The van der Waals surface area contributed by atoms with Crippen LogP contribution in [-0.2, 0) is 11.3 Å². The zero-order valence-corrected chi connectivity index (χ0v) is 12.8. The van der Waals surface area contributed by atoms with E-state index in [0.29, 0.717) is 18.9 Å². The number of amides is 1. The molecule has 2 aromatic heterocycles. The number of hydrogen-bond acceptors (Lipinski definition) is 5. The second kappa shape index (κ2) is 8.59. The van der Waals surface area contributed by atoms with Gasteiger partial charge in [0.05, 0.1) is 17.1 Å². The molecule has 0 aliphatic carbocycles. The molecule has 0 radical (unpaired) electrons. The average Bonchev–Trinajstić information content (AvgIpc) is 3.15. The molecule has 0 fully saturated rings. The van der Waals surface area contributed by atoms with E-state index in [1.165, 1.54) is 0 Å². The van der Waals surface area contributed by atoms with Crippen LogP contribution in [0.15, 0.2) is 28.2 Å². The topological polar surface area (TPSA) is 81.2 Å². The Morgan fingerprint density at radius 2 is 2.19 bits per heavy atom. The Morgan fingerprint density at radius 1 is 1.33 bits per heavy atom. The lowest BCUT2D eigenvalue weighted by Crippen LogP contribution is -2.22. The number of nitrogens with zero attached hydrogens (tertiary/aromatic N) is 1. The maximum Gasteiger partial charge on any atom is 0.236 e. The monoisotopic (exact) mass is 307 g/mol. The summed E-state index contributed by atoms with van der Waals surface area (Å²) in [7, 11) is 0. The summed E-state index contributed by atoms with van der Waals surface area (Å²) in [4.78, 5) is 17.0. The van der Waals surface area contributed by atoms with Crippen molar-refractivity contribution in [1.29, 1.82) is 0 Å². The fraction of sp³-hybridized carbons (Fsp3) is 0.467. The second-order valence-corrected chi connectivity index (χ2v) is 5.80. The van der Waals surface area contributed by atoms with Gasteiger partial charge in [0.15, 0.2) is 0 Å². The average molecular weight is 307 g/mol. The van der Waals surface area contributed by atoms with Gasteiger partial charge in [0, 0.05) is 6.42 Å². The van der Waals surface area contributed by atoms with Crippen LogP contribution in [0.5, 0.6) is 0 Å². The molecular formula is C15H21N3O2S. The minimum absolute atomic E-state index is 0.0587. The van der Waals surface area contributed by atoms with Gasteiger partial charge >= 0.3 is 0 Å². The molecule has 0 bridgehead atoms. The summed E-state index contributed by atoms with van der Waals surface area (Å²) in [6.07, 6.45) is 6.24. The SMILES string of the molecule is NCCCCCCC(=O)NCc1coc(-c2cccs2)n1. The van der Waals surface area contributed by atoms with Gasteiger partial charge in [-0.25, -0.2) is 4.98 Å². The highest BCUT2D eigenvalue weighted by molar-refractivity contribution is 7.13. The standard InChI is InChI=1S/C15H21N3O2S/c16-8-4-2-1-3-7-14(19)17-10-12-11-20-15(18-12)13-6-5-9-21-13/h5-6,9,11H,1-4,7-8,10,16H2,(H,17,19). The fourth-order valence-electron chi connectivity index (χ4n) is 1.96. The Bertz CT molecular complexity index is 537. The zero-order valence-electron chi connectivity index (χ0n) is 12.0. The molecule has 0 atom stereocenters. The minimum Gasteiger partial charge on any atom is -0.443 e. The highest BCUT2D eigenvalue weighted by Gasteiger charge is 2.08. The summed E-state index contributed by atoms with van der Waals surface area (Å²) in [5, 5.41) is 4.84. The van der Waals surface area contributed by atoms with Gasteiger partial charge in [0.2, 0.25) is 11.8 Å². The van der Waals surface area contributed by atoms with E-state index >= 15 is 0 Å². The lowest BCUT2D eigenvalue weighted by Gasteiger charge is -2.02. The van der Waals surface area contributed by atoms with Gasteiger partial charge in [-0.15, -0.1) is 11.3 Å². The van der Waals surface area contributed by atoms with Crippen LogP contribution in [-0.4, -0.2) is 17.4 Å². The van der Waals surface area contributed by atoms with Crippen molar-refractivity contribution >= 4 is 17.2 Å². The van der Waals surface area contributed by atoms with E-state index in [-0.39, 0.29) is 5.91 Å². The number of unbranched alkanes of at least 4 members (excludes halogenated alkanes) is 3. The van der Waals surface area contributed by atoms with Crippen molar-refractivity contribution in [3.05, 3.63) is 29.5 Å². The van der Waals surface area contributed by atoms with Crippen molar-refractivity contribution in [2.45, 2.75) is 38.6 Å². The normalized spacial score (nSPS) is 10.7. The number of hydrogen-bond donors (Lipinski definition) is 2. The van der Waals surface area contributed by atoms with Crippen LogP contribution in [0.1, 0.15) is 37.8 Å². The van der Waals surface area contributed by atoms with E-state index < -0.39 is 0 Å². The number of nitrogens with two attached hydrogens (primary N) is 1. The zero-order chi connectivity index (χ0) is 14.9. The van der Waals surface area contributed by atoms with Crippen LogP contribution in [0.3, 0.4) is 0 Å². The molecule has 0 spiro atoms. The smallest absolute Gasteiger partial charge is 0.236 e. The molecule has 1 amide bonds. The molecule has 2 aromatic rings. The summed E-state index contributed by atoms with van der Waals surface area (Å²) >= 11 is 1.58. The first-order chi connectivity index (χ1) is 10.3. The van der Waals surface area contributed by atoms with Crippen molar-refractivity contribution in [2.75, 3.05) is 6.54 Å². The van der Waals surface area contributed by atoms with Crippen LogP contribution in [0.4, 0.5) is 0 Å². The van der Waals surface area contributed by atoms with Crippen LogP contribution in [0, 0.1) is 0 Å². The van der Waals surface area contributed by atoms with E-state index in [9.17, 15) is 4.79 Å².